The summed E-state index contributed by atoms with van der Waals surface area (Å²) in [6.07, 6.45) is 2.52. The van der Waals surface area contributed by atoms with Gasteiger partial charge in [0, 0.05) is 0 Å². The standard InChI is InChI=1S/C4H3NOS.2Rb/c1-3-2-5-4(6)7-3;;/h1H3;;/q-2;2*+1. The molecule has 1 aromatic heterocycles. The number of thiazole rings is 1. The second kappa shape index (κ2) is 7.68. The second-order valence-electron chi connectivity index (χ2n) is 1.15. The van der Waals surface area contributed by atoms with Crippen LogP contribution >= 0.6 is 11.3 Å². The Kier molecular flexibility index (Phi) is 12.4. The van der Waals surface area contributed by atoms with Crippen LogP contribution in [-0.4, -0.2) is 0 Å². The van der Waals surface area contributed by atoms with E-state index in [-0.39, 0.29) is 121 Å². The molecule has 2 nitrogen and oxygen atoms in total. The van der Waals surface area contributed by atoms with E-state index in [1.54, 1.807) is 6.92 Å². The number of hydrogen-bond donors (Lipinski definition) is 0. The number of rotatable bonds is 0. The van der Waals surface area contributed by atoms with Gasteiger partial charge in [-0.1, -0.05) is 6.92 Å². The van der Waals surface area contributed by atoms with Crippen LogP contribution in [0.5, 0.6) is 0 Å². The zero-order chi connectivity index (χ0) is 5.28. The van der Waals surface area contributed by atoms with Crippen molar-refractivity contribution in [2.45, 2.75) is 6.92 Å². The summed E-state index contributed by atoms with van der Waals surface area (Å²) >= 11 is 1.12. The van der Waals surface area contributed by atoms with Gasteiger partial charge in [-0.3, -0.25) is 0 Å². The molecule has 1 heterocycles. The van der Waals surface area contributed by atoms with Gasteiger partial charge < -0.3 is 16.0 Å². The summed E-state index contributed by atoms with van der Waals surface area (Å²) in [6, 6.07) is 0. The monoisotopic (exact) mass is 283 g/mol. The van der Waals surface area contributed by atoms with Crippen molar-refractivity contribution in [3.8, 4) is 0 Å². The average molecular weight is 284 g/mol. The van der Waals surface area contributed by atoms with Crippen LogP contribution in [0.15, 0.2) is 4.79 Å². The van der Waals surface area contributed by atoms with Gasteiger partial charge in [0.25, 0.3) is 0 Å². The van der Waals surface area contributed by atoms with E-state index < -0.39 is 0 Å². The van der Waals surface area contributed by atoms with E-state index in [4.69, 9.17) is 0 Å². The Bertz CT molecular complexity index is 206. The predicted molar refractivity (Wildman–Crippen MR) is 27.5 cm³/mol. The van der Waals surface area contributed by atoms with Crippen LogP contribution in [0, 0.1) is 13.1 Å². The molecule has 9 heavy (non-hydrogen) atoms. The largest absolute Gasteiger partial charge is 1.00 e. The van der Waals surface area contributed by atoms with Crippen molar-refractivity contribution in [1.29, 1.82) is 0 Å². The van der Waals surface area contributed by atoms with E-state index >= 15 is 0 Å². The van der Waals surface area contributed by atoms with Crippen molar-refractivity contribution in [1.82, 2.24) is 4.98 Å². The van der Waals surface area contributed by atoms with Crippen LogP contribution in [0.25, 0.3) is 0 Å². The molecule has 0 aliphatic heterocycles. The third kappa shape index (κ3) is 6.22. The van der Waals surface area contributed by atoms with E-state index in [1.807, 2.05) is 0 Å². The van der Waals surface area contributed by atoms with Gasteiger partial charge >= 0.3 is 116 Å². The molecular weight excluding hydrogens is 281 g/mol. The average Bonchev–Trinajstić information content (AvgIpc) is 1.87. The fourth-order valence-corrected chi connectivity index (χ4v) is 0.745. The summed E-state index contributed by atoms with van der Waals surface area (Å²) in [5.41, 5.74) is 0. The number of nitrogens with zero attached hydrogens (tertiary/aromatic N) is 1. The van der Waals surface area contributed by atoms with Gasteiger partial charge in [0.15, 0.2) is 0 Å². The van der Waals surface area contributed by atoms with Gasteiger partial charge in [-0.2, -0.15) is 0 Å². The van der Waals surface area contributed by atoms with E-state index in [2.05, 4.69) is 11.2 Å². The van der Waals surface area contributed by atoms with Gasteiger partial charge in [-0.25, -0.2) is 11.3 Å². The molecule has 38 valence electrons. The van der Waals surface area contributed by atoms with Crippen LogP contribution in [0.4, 0.5) is 0 Å². The first-order chi connectivity index (χ1) is 3.29. The van der Waals surface area contributed by atoms with Crippen molar-refractivity contribution in [3.05, 3.63) is 20.7 Å². The third-order valence-corrected chi connectivity index (χ3v) is 1.21. The maximum Gasteiger partial charge on any atom is 1.00 e. The summed E-state index contributed by atoms with van der Waals surface area (Å²) < 4.78 is 0. The molecule has 0 atom stereocenters. The normalized spacial score (nSPS) is 7.22. The molecule has 0 aliphatic rings. The minimum atomic E-state index is -0.155. The second-order valence-corrected chi connectivity index (χ2v) is 2.31. The maximum absolute atomic E-state index is 10.2. The van der Waals surface area contributed by atoms with Crippen molar-refractivity contribution < 1.29 is 116 Å². The molecule has 0 spiro atoms. The maximum atomic E-state index is 10.2. The number of aromatic nitrogens is 1. The molecule has 0 unspecified atom stereocenters. The molecule has 0 bridgehead atoms. The Morgan fingerprint density at radius 3 is 2.22 bits per heavy atom. The Morgan fingerprint density at radius 2 is 2.11 bits per heavy atom. The number of hydrogen-bond acceptors (Lipinski definition) is 2. The van der Waals surface area contributed by atoms with Gasteiger partial charge in [0.05, 0.1) is 0 Å². The van der Waals surface area contributed by atoms with E-state index in [0.29, 0.717) is 0 Å². The Hall–Kier alpha value is 3.04. The predicted octanol–water partition coefficient (Wildman–Crippen LogP) is -5.82. The molecule has 0 saturated carbocycles. The minimum Gasteiger partial charge on any atom is -0.800 e. The molecular formula is C4H3NORb2S. The van der Waals surface area contributed by atoms with Gasteiger partial charge in [-0.15, -0.1) is 4.88 Å². The summed E-state index contributed by atoms with van der Waals surface area (Å²) in [7, 11) is 0. The molecule has 0 radical (unpaired) electrons. The van der Waals surface area contributed by atoms with Crippen molar-refractivity contribution >= 4 is 11.3 Å². The van der Waals surface area contributed by atoms with E-state index in [0.717, 1.165) is 16.2 Å². The summed E-state index contributed by atoms with van der Waals surface area (Å²) in [5.74, 6) is 0. The topological polar surface area (TPSA) is 31.2 Å². The van der Waals surface area contributed by atoms with Crippen molar-refractivity contribution in [2.75, 3.05) is 0 Å². The fraction of sp³-hybridized carbons (Fsp3) is 0.250. The van der Waals surface area contributed by atoms with Gasteiger partial charge in [0.2, 0.25) is 0 Å². The smallest absolute Gasteiger partial charge is 0.800 e. The summed E-state index contributed by atoms with van der Waals surface area (Å²) in [5, 5.41) is 0. The SMILES string of the molecule is Cc1[c-][n-]c(=O)s1.[Rb+].[Rb+]. The Labute approximate surface area is 155 Å². The minimum absolute atomic E-state index is 0. The van der Waals surface area contributed by atoms with E-state index in [9.17, 15) is 4.79 Å². The van der Waals surface area contributed by atoms with Crippen LogP contribution in [0.3, 0.4) is 0 Å². The Morgan fingerprint density at radius 1 is 1.56 bits per heavy atom. The Balaban J connectivity index is 0. The third-order valence-electron chi connectivity index (χ3n) is 0.545. The molecule has 1 rings (SSSR count). The first-order valence-corrected chi connectivity index (χ1v) is 2.63. The van der Waals surface area contributed by atoms with Crippen LogP contribution < -0.4 is 126 Å². The van der Waals surface area contributed by atoms with Crippen LogP contribution in [0.1, 0.15) is 4.88 Å². The van der Waals surface area contributed by atoms with E-state index in [1.165, 1.54) is 0 Å². The fourth-order valence-electron chi connectivity index (χ4n) is 0.301. The van der Waals surface area contributed by atoms with Crippen molar-refractivity contribution in [3.63, 3.8) is 0 Å². The first-order valence-electron chi connectivity index (χ1n) is 1.81. The number of aryl methyl sites for hydroxylation is 1. The molecule has 5 heteroatoms. The molecule has 0 aliphatic carbocycles. The van der Waals surface area contributed by atoms with Crippen molar-refractivity contribution in [2.24, 2.45) is 0 Å². The molecule has 0 saturated heterocycles. The summed E-state index contributed by atoms with van der Waals surface area (Å²) in [4.78, 5) is 14.2. The molecule has 0 N–H and O–H groups in total. The summed E-state index contributed by atoms with van der Waals surface area (Å²) in [6.45, 7) is 1.80. The quantitative estimate of drug-likeness (QED) is 0.445. The van der Waals surface area contributed by atoms with Gasteiger partial charge in [-0.05, 0) is 4.87 Å². The van der Waals surface area contributed by atoms with Crippen LogP contribution in [0.2, 0.25) is 0 Å². The molecule has 0 aromatic carbocycles. The van der Waals surface area contributed by atoms with Crippen LogP contribution in [-0.2, 0) is 0 Å². The molecule has 0 amide bonds. The zero-order valence-corrected chi connectivity index (χ0v) is 16.4. The zero-order valence-electron chi connectivity index (χ0n) is 5.76. The van der Waals surface area contributed by atoms with Gasteiger partial charge in [0.1, 0.15) is 0 Å². The molecule has 1 aromatic rings. The molecule has 0 fully saturated rings. The first kappa shape index (κ1) is 14.6.